The predicted octanol–water partition coefficient (Wildman–Crippen LogP) is 2.55. The topological polar surface area (TPSA) is 24.5 Å². The van der Waals surface area contributed by atoms with Crippen molar-refractivity contribution in [3.63, 3.8) is 0 Å². The standard InChI is InChI=1S/C16H30N2O/c1-18-14-7-8-15(18)12-13(11-14)17-9-10-19-16-5-3-2-4-6-16/h13-17H,2-12H2,1H3. The first-order valence-corrected chi connectivity index (χ1v) is 8.40. The Bertz CT molecular complexity index is 264. The molecule has 19 heavy (non-hydrogen) atoms. The second-order valence-corrected chi connectivity index (χ2v) is 6.80. The Labute approximate surface area is 118 Å². The quantitative estimate of drug-likeness (QED) is 0.774. The maximum Gasteiger partial charge on any atom is 0.0594 e. The van der Waals surface area contributed by atoms with E-state index >= 15 is 0 Å². The molecule has 2 aliphatic heterocycles. The summed E-state index contributed by atoms with van der Waals surface area (Å²) in [5.74, 6) is 0. The lowest BCUT2D eigenvalue weighted by Crippen LogP contribution is -2.47. The monoisotopic (exact) mass is 266 g/mol. The van der Waals surface area contributed by atoms with Crippen molar-refractivity contribution in [3.05, 3.63) is 0 Å². The van der Waals surface area contributed by atoms with Gasteiger partial charge < -0.3 is 15.0 Å². The molecule has 0 aromatic heterocycles. The first-order valence-electron chi connectivity index (χ1n) is 8.40. The molecule has 1 saturated carbocycles. The lowest BCUT2D eigenvalue weighted by molar-refractivity contribution is 0.0276. The summed E-state index contributed by atoms with van der Waals surface area (Å²) < 4.78 is 5.99. The molecular weight excluding hydrogens is 236 g/mol. The number of hydrogen-bond donors (Lipinski definition) is 1. The molecule has 2 saturated heterocycles. The van der Waals surface area contributed by atoms with Gasteiger partial charge in [-0.05, 0) is 45.6 Å². The normalized spacial score (nSPS) is 36.8. The molecule has 1 N–H and O–H groups in total. The van der Waals surface area contributed by atoms with Crippen LogP contribution in [0.2, 0.25) is 0 Å². The highest BCUT2D eigenvalue weighted by atomic mass is 16.5. The molecule has 110 valence electrons. The minimum atomic E-state index is 0.559. The Morgan fingerprint density at radius 1 is 1.00 bits per heavy atom. The summed E-state index contributed by atoms with van der Waals surface area (Å²) in [6.07, 6.45) is 12.8. The average molecular weight is 266 g/mol. The molecule has 2 unspecified atom stereocenters. The van der Waals surface area contributed by atoms with Crippen LogP contribution in [0.1, 0.15) is 57.8 Å². The first kappa shape index (κ1) is 13.8. The molecule has 0 spiro atoms. The van der Waals surface area contributed by atoms with E-state index < -0.39 is 0 Å². The van der Waals surface area contributed by atoms with E-state index in [1.807, 2.05) is 0 Å². The fourth-order valence-corrected chi connectivity index (χ4v) is 4.30. The average Bonchev–Trinajstić information content (AvgIpc) is 2.67. The van der Waals surface area contributed by atoms with Crippen LogP contribution in [0.25, 0.3) is 0 Å². The molecule has 2 bridgehead atoms. The van der Waals surface area contributed by atoms with Gasteiger partial charge in [0.1, 0.15) is 0 Å². The maximum atomic E-state index is 5.99. The fraction of sp³-hybridized carbons (Fsp3) is 1.00. The van der Waals surface area contributed by atoms with Crippen LogP contribution in [0.3, 0.4) is 0 Å². The van der Waals surface area contributed by atoms with Crippen molar-refractivity contribution in [2.45, 2.75) is 82.0 Å². The number of rotatable bonds is 5. The van der Waals surface area contributed by atoms with E-state index in [0.717, 1.165) is 31.3 Å². The second-order valence-electron chi connectivity index (χ2n) is 6.80. The van der Waals surface area contributed by atoms with Gasteiger partial charge in [0.2, 0.25) is 0 Å². The van der Waals surface area contributed by atoms with Crippen LogP contribution in [0.4, 0.5) is 0 Å². The van der Waals surface area contributed by atoms with Gasteiger partial charge in [0.15, 0.2) is 0 Å². The van der Waals surface area contributed by atoms with E-state index in [1.165, 1.54) is 57.8 Å². The molecule has 0 aromatic carbocycles. The zero-order valence-electron chi connectivity index (χ0n) is 12.4. The summed E-state index contributed by atoms with van der Waals surface area (Å²) in [7, 11) is 2.31. The smallest absolute Gasteiger partial charge is 0.0594 e. The molecule has 3 nitrogen and oxygen atoms in total. The molecule has 3 rings (SSSR count). The van der Waals surface area contributed by atoms with Crippen LogP contribution in [-0.2, 0) is 4.74 Å². The Morgan fingerprint density at radius 2 is 1.68 bits per heavy atom. The van der Waals surface area contributed by atoms with E-state index in [0.29, 0.717) is 6.10 Å². The SMILES string of the molecule is CN1C2CCC1CC(NCCOC1CCCCC1)C2. The van der Waals surface area contributed by atoms with Gasteiger partial charge in [-0.1, -0.05) is 19.3 Å². The number of piperidine rings is 1. The van der Waals surface area contributed by atoms with Crippen molar-refractivity contribution in [1.82, 2.24) is 10.2 Å². The van der Waals surface area contributed by atoms with E-state index in [4.69, 9.17) is 4.74 Å². The van der Waals surface area contributed by atoms with Crippen molar-refractivity contribution in [1.29, 1.82) is 0 Å². The molecule has 2 heterocycles. The van der Waals surface area contributed by atoms with Crippen molar-refractivity contribution < 1.29 is 4.74 Å². The number of fused-ring (bicyclic) bond motifs is 2. The highest BCUT2D eigenvalue weighted by Crippen LogP contribution is 2.34. The molecule has 2 atom stereocenters. The highest BCUT2D eigenvalue weighted by Gasteiger charge is 2.37. The predicted molar refractivity (Wildman–Crippen MR) is 78.4 cm³/mol. The third-order valence-electron chi connectivity index (χ3n) is 5.54. The summed E-state index contributed by atoms with van der Waals surface area (Å²) in [6, 6.07) is 2.43. The lowest BCUT2D eigenvalue weighted by atomic mass is 9.97. The minimum Gasteiger partial charge on any atom is -0.377 e. The second kappa shape index (κ2) is 6.55. The van der Waals surface area contributed by atoms with Gasteiger partial charge in [-0.25, -0.2) is 0 Å². The fourth-order valence-electron chi connectivity index (χ4n) is 4.30. The Balaban J connectivity index is 1.30. The third kappa shape index (κ3) is 3.50. The number of nitrogens with zero attached hydrogens (tertiary/aromatic N) is 1. The lowest BCUT2D eigenvalue weighted by Gasteiger charge is -2.36. The summed E-state index contributed by atoms with van der Waals surface area (Å²) in [4.78, 5) is 2.61. The van der Waals surface area contributed by atoms with Gasteiger partial charge in [-0.3, -0.25) is 0 Å². The van der Waals surface area contributed by atoms with Crippen LogP contribution < -0.4 is 5.32 Å². The Hall–Kier alpha value is -0.120. The Kier molecular flexibility index (Phi) is 4.78. The van der Waals surface area contributed by atoms with E-state index in [-0.39, 0.29) is 0 Å². The van der Waals surface area contributed by atoms with Crippen molar-refractivity contribution in [3.8, 4) is 0 Å². The van der Waals surface area contributed by atoms with Gasteiger partial charge in [0.25, 0.3) is 0 Å². The summed E-state index contributed by atoms with van der Waals surface area (Å²) in [6.45, 7) is 1.96. The maximum absolute atomic E-state index is 5.99. The largest absolute Gasteiger partial charge is 0.377 e. The van der Waals surface area contributed by atoms with Crippen LogP contribution in [-0.4, -0.2) is 49.3 Å². The zero-order valence-corrected chi connectivity index (χ0v) is 12.4. The first-order chi connectivity index (χ1) is 9.33. The molecular formula is C16H30N2O. The summed E-state index contributed by atoms with van der Waals surface area (Å²) in [5.41, 5.74) is 0. The highest BCUT2D eigenvalue weighted by molar-refractivity contribution is 4.95. The van der Waals surface area contributed by atoms with Gasteiger partial charge in [-0.15, -0.1) is 0 Å². The molecule has 0 amide bonds. The molecule has 1 aliphatic carbocycles. The molecule has 3 heteroatoms. The molecule has 0 aromatic rings. The van der Waals surface area contributed by atoms with Gasteiger partial charge in [0.05, 0.1) is 12.7 Å². The van der Waals surface area contributed by atoms with Gasteiger partial charge >= 0.3 is 0 Å². The van der Waals surface area contributed by atoms with Gasteiger partial charge in [-0.2, -0.15) is 0 Å². The van der Waals surface area contributed by atoms with E-state index in [1.54, 1.807) is 0 Å². The van der Waals surface area contributed by atoms with Crippen molar-refractivity contribution in [2.24, 2.45) is 0 Å². The van der Waals surface area contributed by atoms with Crippen molar-refractivity contribution in [2.75, 3.05) is 20.2 Å². The van der Waals surface area contributed by atoms with Crippen LogP contribution in [0.5, 0.6) is 0 Å². The molecule has 3 fully saturated rings. The van der Waals surface area contributed by atoms with E-state index in [9.17, 15) is 0 Å². The Morgan fingerprint density at radius 3 is 2.37 bits per heavy atom. The number of hydrogen-bond acceptors (Lipinski definition) is 3. The third-order valence-corrected chi connectivity index (χ3v) is 5.54. The molecule has 0 radical (unpaired) electrons. The van der Waals surface area contributed by atoms with Gasteiger partial charge in [0, 0.05) is 24.7 Å². The van der Waals surface area contributed by atoms with Crippen LogP contribution in [0, 0.1) is 0 Å². The van der Waals surface area contributed by atoms with E-state index in [2.05, 4.69) is 17.3 Å². The van der Waals surface area contributed by atoms with Crippen molar-refractivity contribution >= 4 is 0 Å². The number of ether oxygens (including phenoxy) is 1. The zero-order chi connectivity index (χ0) is 13.1. The summed E-state index contributed by atoms with van der Waals surface area (Å²) in [5, 5.41) is 3.73. The minimum absolute atomic E-state index is 0.559. The van der Waals surface area contributed by atoms with Crippen LogP contribution in [0.15, 0.2) is 0 Å². The number of nitrogens with one attached hydrogen (secondary N) is 1. The molecule has 3 aliphatic rings. The summed E-state index contributed by atoms with van der Waals surface area (Å²) >= 11 is 0. The van der Waals surface area contributed by atoms with Crippen LogP contribution >= 0.6 is 0 Å².